The first-order valence-electron chi connectivity index (χ1n) is 9.98. The van der Waals surface area contributed by atoms with Crippen LogP contribution in [0.3, 0.4) is 0 Å². The number of methoxy groups -OCH3 is 1. The van der Waals surface area contributed by atoms with Crippen molar-refractivity contribution >= 4 is 28.9 Å². The number of carboxylic acid groups (broad SMARTS) is 1. The maximum absolute atomic E-state index is 12.7. The molecular formula is C20H25N7O7. The van der Waals surface area contributed by atoms with E-state index in [0.29, 0.717) is 5.75 Å². The lowest BCUT2D eigenvalue weighted by Gasteiger charge is -2.22. The van der Waals surface area contributed by atoms with Gasteiger partial charge in [-0.15, -0.1) is 0 Å². The van der Waals surface area contributed by atoms with E-state index < -0.39 is 42.4 Å². The number of anilines is 1. The van der Waals surface area contributed by atoms with Crippen molar-refractivity contribution < 1.29 is 34.8 Å². The average Bonchev–Trinajstić information content (AvgIpc) is 3.36. The molecule has 2 aromatic heterocycles. The summed E-state index contributed by atoms with van der Waals surface area (Å²) in [6, 6.07) is 4.77. The smallest absolute Gasteiger partial charge is 0.335 e. The number of hydrogen-bond donors (Lipinski definition) is 5. The Morgan fingerprint density at radius 2 is 1.97 bits per heavy atom. The summed E-state index contributed by atoms with van der Waals surface area (Å²) in [4.78, 5) is 36.5. The molecular weight excluding hydrogens is 450 g/mol. The van der Waals surface area contributed by atoms with E-state index in [2.05, 4.69) is 20.3 Å². The molecule has 0 radical (unpaired) electrons. The van der Waals surface area contributed by atoms with E-state index >= 15 is 0 Å². The lowest BCUT2D eigenvalue weighted by atomic mass is 10.0. The molecule has 0 spiro atoms. The van der Waals surface area contributed by atoms with E-state index in [0.717, 1.165) is 5.56 Å². The zero-order chi connectivity index (χ0) is 23.7. The number of fused-ring (bicyclic) bond motifs is 1. The van der Waals surface area contributed by atoms with Gasteiger partial charge in [-0.05, 0) is 24.1 Å². The van der Waals surface area contributed by atoms with E-state index in [1.165, 1.54) is 17.2 Å². The minimum atomic E-state index is -1.53. The first-order valence-corrected chi connectivity index (χ1v) is 9.98. The molecule has 1 amide bonds. The molecule has 0 saturated carbocycles. The molecule has 1 fully saturated rings. The summed E-state index contributed by atoms with van der Waals surface area (Å²) < 4.78 is 12.0. The van der Waals surface area contributed by atoms with Crippen molar-refractivity contribution in [3.05, 3.63) is 42.5 Å². The van der Waals surface area contributed by atoms with Crippen molar-refractivity contribution in [3.8, 4) is 5.75 Å². The lowest BCUT2D eigenvalue weighted by molar-refractivity contribution is -0.152. The molecule has 5 atom stereocenters. The van der Waals surface area contributed by atoms with Gasteiger partial charge in [0.15, 0.2) is 23.8 Å². The molecule has 0 unspecified atom stereocenters. The number of nitrogens with zero attached hydrogens (tertiary/aromatic N) is 4. The molecule has 0 aliphatic carbocycles. The maximum atomic E-state index is 12.7. The van der Waals surface area contributed by atoms with E-state index in [1.54, 1.807) is 31.4 Å². The molecule has 0 bridgehead atoms. The number of carbonyl (C=O) groups excluding carboxylic acids is 1. The van der Waals surface area contributed by atoms with Crippen molar-refractivity contribution in [2.45, 2.75) is 36.9 Å². The number of nitrogens with one attached hydrogen (secondary N) is 1. The Bertz CT molecular complexity index is 1170. The van der Waals surface area contributed by atoms with Crippen LogP contribution in [0, 0.1) is 0 Å². The summed E-state index contributed by atoms with van der Waals surface area (Å²) >= 11 is 0. The molecule has 3 aromatic rings. The normalized spacial score (nSPS) is 22.7. The molecule has 3 heterocycles. The van der Waals surface area contributed by atoms with Crippen molar-refractivity contribution in [2.24, 2.45) is 5.73 Å². The van der Waals surface area contributed by atoms with E-state index in [-0.39, 0.29) is 28.9 Å². The second-order valence-electron chi connectivity index (χ2n) is 7.55. The Kier molecular flexibility index (Phi) is 7.26. The monoisotopic (exact) mass is 475 g/mol. The topological polar surface area (TPSA) is 232 Å². The van der Waals surface area contributed by atoms with Crippen LogP contribution in [0.2, 0.25) is 0 Å². The Labute approximate surface area is 192 Å². The SMILES string of the molecule is COc1ccc(C[C@H](N)C(=O)N[C@H]2[C@@H](O)[C@H](n3cnc4c(N)ncnc43)O[C@@H]2C(=O)O)cc1.O. The van der Waals surface area contributed by atoms with Crippen molar-refractivity contribution in [2.75, 3.05) is 12.8 Å². The van der Waals surface area contributed by atoms with Crippen LogP contribution in [0.25, 0.3) is 11.2 Å². The van der Waals surface area contributed by atoms with Crippen LogP contribution in [0.1, 0.15) is 11.8 Å². The zero-order valence-corrected chi connectivity index (χ0v) is 18.0. The summed E-state index contributed by atoms with van der Waals surface area (Å²) in [7, 11) is 1.55. The Morgan fingerprint density at radius 1 is 1.26 bits per heavy atom. The zero-order valence-electron chi connectivity index (χ0n) is 18.0. The standard InChI is InChI=1S/C20H23N7O6.H2O/c1-32-10-4-2-9(3-5-10)6-11(21)18(29)26-12-14(28)19(33-15(12)20(30)31)27-8-25-13-16(22)23-7-24-17(13)27;/h2-5,7-8,11-12,14-15,19,28H,6,21H2,1H3,(H,26,29)(H,30,31)(H2,22,23,24);1H2/t11-,12-,14+,15-,19+;/m0./s1. The fraction of sp³-hybridized carbons (Fsp3) is 0.350. The molecule has 14 heteroatoms. The Balaban J connectivity index is 0.00000324. The third-order valence-corrected chi connectivity index (χ3v) is 5.44. The third-order valence-electron chi connectivity index (χ3n) is 5.44. The first kappa shape index (κ1) is 24.8. The number of amides is 1. The average molecular weight is 475 g/mol. The van der Waals surface area contributed by atoms with Crippen LogP contribution in [0.15, 0.2) is 36.9 Å². The molecule has 1 saturated heterocycles. The molecule has 1 aromatic carbocycles. The molecule has 9 N–H and O–H groups in total. The van der Waals surface area contributed by atoms with Gasteiger partial charge in [0.2, 0.25) is 5.91 Å². The lowest BCUT2D eigenvalue weighted by Crippen LogP contribution is -2.54. The highest BCUT2D eigenvalue weighted by Gasteiger charge is 2.49. The van der Waals surface area contributed by atoms with Gasteiger partial charge in [-0.2, -0.15) is 0 Å². The first-order chi connectivity index (χ1) is 15.8. The van der Waals surface area contributed by atoms with Crippen LogP contribution in [0.5, 0.6) is 5.75 Å². The molecule has 1 aliphatic rings. The minimum Gasteiger partial charge on any atom is -0.497 e. The van der Waals surface area contributed by atoms with E-state index in [9.17, 15) is 19.8 Å². The number of carbonyl (C=O) groups is 2. The number of benzene rings is 1. The van der Waals surface area contributed by atoms with Crippen molar-refractivity contribution in [3.63, 3.8) is 0 Å². The van der Waals surface area contributed by atoms with Crippen molar-refractivity contribution in [1.82, 2.24) is 24.8 Å². The highest BCUT2D eigenvalue weighted by molar-refractivity contribution is 5.84. The third kappa shape index (κ3) is 4.60. The second kappa shape index (κ2) is 9.96. The number of aliphatic carboxylic acids is 1. The number of nitrogens with two attached hydrogens (primary N) is 2. The molecule has 1 aliphatic heterocycles. The minimum absolute atomic E-state index is 0. The predicted molar refractivity (Wildman–Crippen MR) is 118 cm³/mol. The fourth-order valence-corrected chi connectivity index (χ4v) is 3.71. The number of aliphatic hydroxyl groups is 1. The van der Waals surface area contributed by atoms with Gasteiger partial charge < -0.3 is 41.9 Å². The quantitative estimate of drug-likeness (QED) is 0.250. The van der Waals surface area contributed by atoms with Gasteiger partial charge in [-0.1, -0.05) is 12.1 Å². The second-order valence-corrected chi connectivity index (χ2v) is 7.55. The largest absolute Gasteiger partial charge is 0.497 e. The van der Waals surface area contributed by atoms with E-state index in [1.807, 2.05) is 0 Å². The van der Waals surface area contributed by atoms with Gasteiger partial charge in [-0.25, -0.2) is 19.7 Å². The number of ether oxygens (including phenoxy) is 2. The van der Waals surface area contributed by atoms with Gasteiger partial charge in [0.25, 0.3) is 0 Å². The van der Waals surface area contributed by atoms with Gasteiger partial charge in [0.05, 0.1) is 25.5 Å². The fourth-order valence-electron chi connectivity index (χ4n) is 3.71. The number of aromatic nitrogens is 4. The van der Waals surface area contributed by atoms with Gasteiger partial charge >= 0.3 is 5.97 Å². The van der Waals surface area contributed by atoms with Gasteiger partial charge in [0, 0.05) is 0 Å². The molecule has 14 nitrogen and oxygen atoms in total. The maximum Gasteiger partial charge on any atom is 0.335 e. The van der Waals surface area contributed by atoms with Crippen LogP contribution >= 0.6 is 0 Å². The molecule has 34 heavy (non-hydrogen) atoms. The van der Waals surface area contributed by atoms with Crippen LogP contribution in [-0.4, -0.2) is 78.5 Å². The number of nitrogen functional groups attached to an aromatic ring is 1. The van der Waals surface area contributed by atoms with Crippen molar-refractivity contribution in [1.29, 1.82) is 0 Å². The van der Waals surface area contributed by atoms with Crippen LogP contribution in [0.4, 0.5) is 5.82 Å². The summed E-state index contributed by atoms with van der Waals surface area (Å²) in [5, 5.41) is 23.0. The summed E-state index contributed by atoms with van der Waals surface area (Å²) in [6.07, 6.45) is -1.43. The molecule has 182 valence electrons. The number of carboxylic acids is 1. The van der Waals surface area contributed by atoms with Gasteiger partial charge in [-0.3, -0.25) is 9.36 Å². The van der Waals surface area contributed by atoms with E-state index in [4.69, 9.17) is 20.9 Å². The molecule has 4 rings (SSSR count). The number of imidazole rings is 1. The summed E-state index contributed by atoms with van der Waals surface area (Å²) in [6.45, 7) is 0. The highest BCUT2D eigenvalue weighted by atomic mass is 16.6. The highest BCUT2D eigenvalue weighted by Crippen LogP contribution is 2.32. The van der Waals surface area contributed by atoms with Crippen LogP contribution in [-0.2, 0) is 20.7 Å². The van der Waals surface area contributed by atoms with Gasteiger partial charge in [0.1, 0.15) is 23.7 Å². The van der Waals surface area contributed by atoms with Crippen LogP contribution < -0.4 is 21.5 Å². The Morgan fingerprint density at radius 3 is 2.62 bits per heavy atom. The predicted octanol–water partition coefficient (Wildman–Crippen LogP) is -2.01. The summed E-state index contributed by atoms with van der Waals surface area (Å²) in [5.41, 5.74) is 13.1. The Hall–Kier alpha value is -3.85. The number of aliphatic hydroxyl groups excluding tert-OH is 1. The number of rotatable bonds is 7. The summed E-state index contributed by atoms with van der Waals surface area (Å²) in [5.74, 6) is -1.20. The number of hydrogen-bond acceptors (Lipinski definition) is 10.